The summed E-state index contributed by atoms with van der Waals surface area (Å²) in [6, 6.07) is 0. The average Bonchev–Trinajstić information content (AvgIpc) is 2.48. The fraction of sp³-hybridized carbons (Fsp3) is 0.273. The molecule has 4 rings (SSSR count). The molecule has 0 aromatic rings. The fourth-order valence-corrected chi connectivity index (χ4v) is 2.52. The van der Waals surface area contributed by atoms with E-state index in [0.29, 0.717) is 0 Å². The average molecular weight is 142 g/mol. The molecule has 0 saturated heterocycles. The molecule has 2 unspecified atom stereocenters. The lowest BCUT2D eigenvalue weighted by atomic mass is 9.68. The summed E-state index contributed by atoms with van der Waals surface area (Å²) in [4.78, 5) is 0. The van der Waals surface area contributed by atoms with Crippen LogP contribution in [-0.4, -0.2) is 0 Å². The lowest BCUT2D eigenvalue weighted by molar-refractivity contribution is 0.504. The van der Waals surface area contributed by atoms with Gasteiger partial charge < -0.3 is 0 Å². The number of hydrogen-bond donors (Lipinski definition) is 0. The zero-order valence-electron chi connectivity index (χ0n) is 6.59. The molecule has 4 aliphatic carbocycles. The molecule has 0 radical (unpaired) electrons. The van der Waals surface area contributed by atoms with E-state index in [1.165, 1.54) is 16.7 Å². The molecule has 0 heterocycles. The third-order valence-corrected chi connectivity index (χ3v) is 3.12. The zero-order valence-corrected chi connectivity index (χ0v) is 6.59. The first-order valence-electron chi connectivity index (χ1n) is 4.12. The lowest BCUT2D eigenvalue weighted by Gasteiger charge is -2.35. The smallest absolute Gasteiger partial charge is 0.0164 e. The van der Waals surface area contributed by atoms with Crippen molar-refractivity contribution in [1.29, 1.82) is 0 Å². The van der Waals surface area contributed by atoms with Crippen LogP contribution in [0.3, 0.4) is 0 Å². The maximum atomic E-state index is 4.03. The second kappa shape index (κ2) is 1.42. The van der Waals surface area contributed by atoms with E-state index in [4.69, 9.17) is 0 Å². The summed E-state index contributed by atoms with van der Waals surface area (Å²) in [6.07, 6.45) is 6.68. The normalized spacial score (nSPS) is 37.5. The Bertz CT molecular complexity index is 350. The lowest BCUT2D eigenvalue weighted by Crippen LogP contribution is -2.25. The van der Waals surface area contributed by atoms with Crippen molar-refractivity contribution in [2.24, 2.45) is 11.8 Å². The van der Waals surface area contributed by atoms with Crippen LogP contribution in [0.2, 0.25) is 0 Å². The van der Waals surface area contributed by atoms with Crippen LogP contribution in [0.15, 0.2) is 47.1 Å². The Morgan fingerprint density at radius 2 is 2.18 bits per heavy atom. The second-order valence-electron chi connectivity index (χ2n) is 3.64. The quantitative estimate of drug-likeness (QED) is 0.487. The molecule has 0 aromatic carbocycles. The van der Waals surface area contributed by atoms with Crippen molar-refractivity contribution < 1.29 is 0 Å². The van der Waals surface area contributed by atoms with Gasteiger partial charge in [-0.2, -0.15) is 0 Å². The van der Waals surface area contributed by atoms with Gasteiger partial charge in [-0.3, -0.25) is 0 Å². The highest BCUT2D eigenvalue weighted by Crippen LogP contribution is 2.57. The molecule has 4 aliphatic rings. The Labute approximate surface area is 66.6 Å². The van der Waals surface area contributed by atoms with Crippen molar-refractivity contribution in [3.05, 3.63) is 47.1 Å². The van der Waals surface area contributed by atoms with Gasteiger partial charge in [-0.15, -0.1) is 0 Å². The largest absolute Gasteiger partial charge is 0.0915 e. The van der Waals surface area contributed by atoms with Crippen molar-refractivity contribution in [1.82, 2.24) is 0 Å². The summed E-state index contributed by atoms with van der Waals surface area (Å²) in [5, 5.41) is 0. The van der Waals surface area contributed by atoms with E-state index in [-0.39, 0.29) is 0 Å². The van der Waals surface area contributed by atoms with Crippen molar-refractivity contribution in [2.75, 3.05) is 0 Å². The van der Waals surface area contributed by atoms with Crippen molar-refractivity contribution >= 4 is 0 Å². The van der Waals surface area contributed by atoms with Gasteiger partial charge in [-0.1, -0.05) is 31.7 Å². The van der Waals surface area contributed by atoms with E-state index < -0.39 is 0 Å². The van der Waals surface area contributed by atoms with Gasteiger partial charge in [-0.25, -0.2) is 0 Å². The molecular weight excluding hydrogens is 132 g/mol. The van der Waals surface area contributed by atoms with Crippen LogP contribution in [0.25, 0.3) is 0 Å². The summed E-state index contributed by atoms with van der Waals surface area (Å²) >= 11 is 0. The van der Waals surface area contributed by atoms with E-state index in [0.717, 1.165) is 11.8 Å². The summed E-state index contributed by atoms with van der Waals surface area (Å²) < 4.78 is 0. The van der Waals surface area contributed by atoms with Gasteiger partial charge in [0.2, 0.25) is 0 Å². The molecule has 0 saturated carbocycles. The maximum absolute atomic E-state index is 4.03. The Morgan fingerprint density at radius 3 is 2.91 bits per heavy atom. The first-order chi connectivity index (χ1) is 5.29. The van der Waals surface area contributed by atoms with Gasteiger partial charge >= 0.3 is 0 Å². The SMILES string of the molecule is C=C1C=CC2=CC3=C1C2C3C. The highest BCUT2D eigenvalue weighted by Gasteiger charge is 2.45. The maximum Gasteiger partial charge on any atom is 0.0164 e. The fourth-order valence-electron chi connectivity index (χ4n) is 2.52. The van der Waals surface area contributed by atoms with Crippen LogP contribution in [0, 0.1) is 11.8 Å². The van der Waals surface area contributed by atoms with Gasteiger partial charge in [0.05, 0.1) is 0 Å². The third kappa shape index (κ3) is 0.425. The van der Waals surface area contributed by atoms with Gasteiger partial charge in [0.15, 0.2) is 0 Å². The van der Waals surface area contributed by atoms with Gasteiger partial charge in [0, 0.05) is 5.92 Å². The predicted molar refractivity (Wildman–Crippen MR) is 46.0 cm³/mol. The van der Waals surface area contributed by atoms with E-state index in [2.05, 4.69) is 31.7 Å². The van der Waals surface area contributed by atoms with E-state index in [1.54, 1.807) is 5.57 Å². The Hall–Kier alpha value is -1.04. The molecule has 0 aliphatic heterocycles. The van der Waals surface area contributed by atoms with E-state index in [1.807, 2.05) is 0 Å². The summed E-state index contributed by atoms with van der Waals surface area (Å²) in [5.41, 5.74) is 5.81. The molecule has 4 bridgehead atoms. The number of allylic oxidation sites excluding steroid dienone is 7. The van der Waals surface area contributed by atoms with Crippen molar-refractivity contribution in [3.63, 3.8) is 0 Å². The minimum absolute atomic E-state index is 0.725. The van der Waals surface area contributed by atoms with E-state index in [9.17, 15) is 0 Å². The van der Waals surface area contributed by atoms with Gasteiger partial charge in [-0.05, 0) is 28.2 Å². The monoisotopic (exact) mass is 142 g/mol. The first kappa shape index (κ1) is 5.59. The third-order valence-electron chi connectivity index (χ3n) is 3.12. The van der Waals surface area contributed by atoms with Crippen LogP contribution >= 0.6 is 0 Å². The van der Waals surface area contributed by atoms with Gasteiger partial charge in [0.25, 0.3) is 0 Å². The van der Waals surface area contributed by atoms with Crippen LogP contribution < -0.4 is 0 Å². The standard InChI is InChI=1S/C11H10/c1-6-3-4-8-5-9-7(2)11(8)10(6)9/h3-5,7,11H,1H2,2H3. The Kier molecular flexibility index (Phi) is 0.724. The molecule has 54 valence electrons. The molecule has 11 heavy (non-hydrogen) atoms. The minimum Gasteiger partial charge on any atom is -0.0915 e. The molecule has 0 N–H and O–H groups in total. The van der Waals surface area contributed by atoms with Crippen LogP contribution in [0.4, 0.5) is 0 Å². The molecule has 0 amide bonds. The molecule has 0 fully saturated rings. The van der Waals surface area contributed by atoms with Crippen molar-refractivity contribution in [2.45, 2.75) is 6.92 Å². The molecule has 0 spiro atoms. The number of rotatable bonds is 0. The van der Waals surface area contributed by atoms with Crippen molar-refractivity contribution in [3.8, 4) is 0 Å². The molecular formula is C11H10. The van der Waals surface area contributed by atoms with E-state index >= 15 is 0 Å². The molecule has 2 atom stereocenters. The zero-order chi connectivity index (χ0) is 7.59. The summed E-state index contributed by atoms with van der Waals surface area (Å²) in [6.45, 7) is 6.34. The predicted octanol–water partition coefficient (Wildman–Crippen LogP) is 2.61. The molecule has 0 heteroatoms. The Balaban J connectivity index is 2.27. The van der Waals surface area contributed by atoms with Crippen LogP contribution in [0.5, 0.6) is 0 Å². The highest BCUT2D eigenvalue weighted by molar-refractivity contribution is 5.69. The minimum atomic E-state index is 0.725. The van der Waals surface area contributed by atoms with Crippen LogP contribution in [-0.2, 0) is 0 Å². The summed E-state index contributed by atoms with van der Waals surface area (Å²) in [5.74, 6) is 1.50. The Morgan fingerprint density at radius 1 is 1.36 bits per heavy atom. The topological polar surface area (TPSA) is 0 Å². The highest BCUT2D eigenvalue weighted by atomic mass is 14.5. The summed E-state index contributed by atoms with van der Waals surface area (Å²) in [7, 11) is 0. The molecule has 0 aromatic heterocycles. The molecule has 0 nitrogen and oxygen atoms in total. The van der Waals surface area contributed by atoms with Gasteiger partial charge in [0.1, 0.15) is 0 Å². The number of hydrogen-bond acceptors (Lipinski definition) is 0. The van der Waals surface area contributed by atoms with Crippen LogP contribution in [0.1, 0.15) is 6.92 Å². The second-order valence-corrected chi connectivity index (χ2v) is 3.64. The first-order valence-corrected chi connectivity index (χ1v) is 4.12.